The zero-order valence-electron chi connectivity index (χ0n) is 11.6. The van der Waals surface area contributed by atoms with Crippen LogP contribution < -0.4 is 11.1 Å². The smallest absolute Gasteiger partial charge is 0.138 e. The van der Waals surface area contributed by atoms with Gasteiger partial charge in [0, 0.05) is 6.04 Å². The molecule has 5 heteroatoms. The van der Waals surface area contributed by atoms with E-state index in [1.165, 1.54) is 25.7 Å². The van der Waals surface area contributed by atoms with Gasteiger partial charge in [-0.3, -0.25) is 0 Å². The molecule has 3 rings (SSSR count). The van der Waals surface area contributed by atoms with Crippen molar-refractivity contribution in [2.75, 3.05) is 11.9 Å². The maximum Gasteiger partial charge on any atom is 0.138 e. The molecule has 1 aromatic heterocycles. The van der Waals surface area contributed by atoms with Crippen molar-refractivity contribution >= 4 is 5.69 Å². The van der Waals surface area contributed by atoms with Crippen molar-refractivity contribution in [1.82, 2.24) is 14.8 Å². The van der Waals surface area contributed by atoms with Crippen molar-refractivity contribution in [3.63, 3.8) is 0 Å². The molecule has 1 saturated carbocycles. The molecule has 2 unspecified atom stereocenters. The predicted octanol–water partition coefficient (Wildman–Crippen LogP) is 2.20. The number of nitrogens with zero attached hydrogens (tertiary/aromatic N) is 3. The number of aromatic nitrogens is 3. The van der Waals surface area contributed by atoms with Gasteiger partial charge in [0.25, 0.3) is 0 Å². The van der Waals surface area contributed by atoms with Gasteiger partial charge in [0.05, 0.1) is 11.4 Å². The average Bonchev–Trinajstić information content (AvgIpc) is 3.02. The van der Waals surface area contributed by atoms with Crippen molar-refractivity contribution < 1.29 is 0 Å². The lowest BCUT2D eigenvalue weighted by molar-refractivity contribution is 0.332. The number of hydrogen-bond donors (Lipinski definition) is 2. The van der Waals surface area contributed by atoms with E-state index < -0.39 is 0 Å². The first-order valence-electron chi connectivity index (χ1n) is 7.29. The van der Waals surface area contributed by atoms with Crippen molar-refractivity contribution in [2.45, 2.75) is 31.7 Å². The molecule has 1 fully saturated rings. The fraction of sp³-hybridized carbons (Fsp3) is 0.467. The Balaban J connectivity index is 1.83. The molecule has 0 saturated heterocycles. The Morgan fingerprint density at radius 2 is 2.10 bits per heavy atom. The van der Waals surface area contributed by atoms with E-state index in [0.29, 0.717) is 12.0 Å². The second-order valence-corrected chi connectivity index (χ2v) is 5.39. The van der Waals surface area contributed by atoms with Crippen molar-refractivity contribution in [3.8, 4) is 5.69 Å². The number of nitrogens with one attached hydrogen (secondary N) is 1. The third-order valence-electron chi connectivity index (χ3n) is 4.12. The zero-order chi connectivity index (χ0) is 13.8. The molecule has 2 aromatic rings. The van der Waals surface area contributed by atoms with Gasteiger partial charge in [0.15, 0.2) is 0 Å². The summed E-state index contributed by atoms with van der Waals surface area (Å²) in [5.74, 6) is 0.563. The predicted molar refractivity (Wildman–Crippen MR) is 79.8 cm³/mol. The van der Waals surface area contributed by atoms with E-state index in [4.69, 9.17) is 5.73 Å². The largest absolute Gasteiger partial charge is 0.380 e. The minimum absolute atomic E-state index is 0.457. The molecule has 3 N–H and O–H groups in total. The first kappa shape index (κ1) is 13.1. The van der Waals surface area contributed by atoms with Crippen LogP contribution in [0.25, 0.3) is 5.69 Å². The topological polar surface area (TPSA) is 68.8 Å². The summed E-state index contributed by atoms with van der Waals surface area (Å²) < 4.78 is 1.79. The van der Waals surface area contributed by atoms with Gasteiger partial charge < -0.3 is 11.1 Å². The second-order valence-electron chi connectivity index (χ2n) is 5.39. The van der Waals surface area contributed by atoms with E-state index in [0.717, 1.165) is 17.9 Å². The van der Waals surface area contributed by atoms with Crippen molar-refractivity contribution in [1.29, 1.82) is 0 Å². The molecule has 1 heterocycles. The van der Waals surface area contributed by atoms with Crippen molar-refractivity contribution in [3.05, 3.63) is 36.9 Å². The summed E-state index contributed by atoms with van der Waals surface area (Å²) in [6.07, 6.45) is 8.26. The van der Waals surface area contributed by atoms with E-state index in [-0.39, 0.29) is 0 Å². The monoisotopic (exact) mass is 271 g/mol. The Morgan fingerprint density at radius 3 is 2.90 bits per heavy atom. The van der Waals surface area contributed by atoms with Gasteiger partial charge >= 0.3 is 0 Å². The molecule has 106 valence electrons. The van der Waals surface area contributed by atoms with Gasteiger partial charge in [-0.1, -0.05) is 25.0 Å². The number of rotatable bonds is 4. The second kappa shape index (κ2) is 6.05. The van der Waals surface area contributed by atoms with Crippen LogP contribution in [0.3, 0.4) is 0 Å². The fourth-order valence-electron chi connectivity index (χ4n) is 3.01. The molecule has 2 atom stereocenters. The number of para-hydroxylation sites is 2. The number of benzene rings is 1. The quantitative estimate of drug-likeness (QED) is 0.894. The Kier molecular flexibility index (Phi) is 3.97. The summed E-state index contributed by atoms with van der Waals surface area (Å²) in [7, 11) is 0. The van der Waals surface area contributed by atoms with Crippen LogP contribution in [0.15, 0.2) is 36.9 Å². The van der Waals surface area contributed by atoms with E-state index in [1.807, 2.05) is 12.1 Å². The van der Waals surface area contributed by atoms with Crippen LogP contribution in [-0.2, 0) is 0 Å². The van der Waals surface area contributed by atoms with Crippen LogP contribution >= 0.6 is 0 Å². The van der Waals surface area contributed by atoms with Crippen LogP contribution in [0.2, 0.25) is 0 Å². The molecule has 1 aromatic carbocycles. The van der Waals surface area contributed by atoms with Gasteiger partial charge in [-0.15, -0.1) is 0 Å². The van der Waals surface area contributed by atoms with Gasteiger partial charge in [-0.2, -0.15) is 5.10 Å². The molecule has 20 heavy (non-hydrogen) atoms. The molecule has 0 radical (unpaired) electrons. The number of nitrogens with two attached hydrogens (primary N) is 1. The highest BCUT2D eigenvalue weighted by atomic mass is 15.3. The lowest BCUT2D eigenvalue weighted by Gasteiger charge is -2.32. The van der Waals surface area contributed by atoms with Crippen molar-refractivity contribution in [2.24, 2.45) is 11.7 Å². The molecular weight excluding hydrogens is 250 g/mol. The van der Waals surface area contributed by atoms with E-state index in [9.17, 15) is 0 Å². The van der Waals surface area contributed by atoms with Gasteiger partial charge in [0.1, 0.15) is 12.7 Å². The molecule has 0 amide bonds. The lowest BCUT2D eigenvalue weighted by Crippen LogP contribution is -2.37. The SMILES string of the molecule is NCC1CCCCC1Nc1ccccc1-n1cncn1. The molecule has 0 bridgehead atoms. The molecule has 0 spiro atoms. The Hall–Kier alpha value is -1.88. The standard InChI is InChI=1S/C15H21N5/c16-9-12-5-1-2-6-13(12)19-14-7-3-4-8-15(14)20-11-17-10-18-20/h3-4,7-8,10-13,19H,1-2,5-6,9,16H2. The Bertz CT molecular complexity index is 537. The van der Waals surface area contributed by atoms with Crippen LogP contribution in [0, 0.1) is 5.92 Å². The van der Waals surface area contributed by atoms with E-state index >= 15 is 0 Å². The Labute approximate surface area is 119 Å². The summed E-state index contributed by atoms with van der Waals surface area (Å²) >= 11 is 0. The summed E-state index contributed by atoms with van der Waals surface area (Å²) in [5.41, 5.74) is 8.05. The Morgan fingerprint density at radius 1 is 1.25 bits per heavy atom. The first-order valence-corrected chi connectivity index (χ1v) is 7.29. The highest BCUT2D eigenvalue weighted by molar-refractivity contribution is 5.61. The van der Waals surface area contributed by atoms with Crippen LogP contribution in [0.4, 0.5) is 5.69 Å². The van der Waals surface area contributed by atoms with Crippen LogP contribution in [-0.4, -0.2) is 27.4 Å². The highest BCUT2D eigenvalue weighted by Crippen LogP contribution is 2.28. The van der Waals surface area contributed by atoms with Gasteiger partial charge in [0.2, 0.25) is 0 Å². The summed E-state index contributed by atoms with van der Waals surface area (Å²) in [5, 5.41) is 7.89. The van der Waals surface area contributed by atoms with Gasteiger partial charge in [-0.25, -0.2) is 9.67 Å². The normalized spacial score (nSPS) is 22.6. The summed E-state index contributed by atoms with van der Waals surface area (Å²) in [6, 6.07) is 8.67. The molecule has 1 aliphatic rings. The average molecular weight is 271 g/mol. The van der Waals surface area contributed by atoms with Crippen LogP contribution in [0.5, 0.6) is 0 Å². The van der Waals surface area contributed by atoms with E-state index in [2.05, 4.69) is 27.5 Å². The summed E-state index contributed by atoms with van der Waals surface area (Å²) in [6.45, 7) is 0.753. The molecule has 1 aliphatic carbocycles. The maximum atomic E-state index is 5.91. The lowest BCUT2D eigenvalue weighted by atomic mass is 9.84. The van der Waals surface area contributed by atoms with Gasteiger partial charge in [-0.05, 0) is 37.4 Å². The minimum Gasteiger partial charge on any atom is -0.380 e. The highest BCUT2D eigenvalue weighted by Gasteiger charge is 2.24. The number of hydrogen-bond acceptors (Lipinski definition) is 4. The number of anilines is 1. The minimum atomic E-state index is 0.457. The third-order valence-corrected chi connectivity index (χ3v) is 4.12. The zero-order valence-corrected chi connectivity index (χ0v) is 11.6. The molecule has 5 nitrogen and oxygen atoms in total. The fourth-order valence-corrected chi connectivity index (χ4v) is 3.01. The molecular formula is C15H21N5. The summed E-state index contributed by atoms with van der Waals surface area (Å²) in [4.78, 5) is 4.02. The first-order chi connectivity index (χ1) is 9.88. The molecule has 0 aliphatic heterocycles. The van der Waals surface area contributed by atoms with E-state index in [1.54, 1.807) is 17.3 Å². The van der Waals surface area contributed by atoms with Crippen LogP contribution in [0.1, 0.15) is 25.7 Å². The third kappa shape index (κ3) is 2.67. The maximum absolute atomic E-state index is 5.91.